The average molecular weight is 250 g/mol. The molecule has 98 valence electrons. The van der Waals surface area contributed by atoms with E-state index in [2.05, 4.69) is 17.7 Å². The van der Waals surface area contributed by atoms with Gasteiger partial charge in [-0.25, -0.2) is 0 Å². The molecule has 0 amide bonds. The van der Waals surface area contributed by atoms with E-state index in [1.807, 2.05) is 0 Å². The van der Waals surface area contributed by atoms with Crippen LogP contribution in [0.5, 0.6) is 0 Å². The number of hydrogen-bond acceptors (Lipinski definition) is 5. The molecular formula is C12H18N4O2. The number of nitro benzene ring substituents is 1. The van der Waals surface area contributed by atoms with Gasteiger partial charge in [-0.1, -0.05) is 6.42 Å². The Labute approximate surface area is 106 Å². The zero-order valence-electron chi connectivity index (χ0n) is 10.3. The number of nitrogens with zero attached hydrogens (tertiary/aromatic N) is 1. The first kappa shape index (κ1) is 12.6. The molecular weight excluding hydrogens is 232 g/mol. The third kappa shape index (κ3) is 2.70. The van der Waals surface area contributed by atoms with Crippen molar-refractivity contribution in [2.75, 3.05) is 10.7 Å². The Balaban J connectivity index is 2.15. The van der Waals surface area contributed by atoms with Crippen LogP contribution >= 0.6 is 0 Å². The van der Waals surface area contributed by atoms with Gasteiger partial charge in [-0.15, -0.1) is 0 Å². The van der Waals surface area contributed by atoms with Gasteiger partial charge in [-0.2, -0.15) is 0 Å². The minimum absolute atomic E-state index is 0.0359. The van der Waals surface area contributed by atoms with Crippen LogP contribution in [0.15, 0.2) is 18.2 Å². The number of non-ortho nitro benzene ring substituents is 1. The van der Waals surface area contributed by atoms with Crippen LogP contribution in [0.3, 0.4) is 0 Å². The van der Waals surface area contributed by atoms with Crippen molar-refractivity contribution in [2.24, 2.45) is 11.8 Å². The molecule has 1 atom stereocenters. The van der Waals surface area contributed by atoms with Crippen molar-refractivity contribution >= 4 is 17.1 Å². The number of nitrogen functional groups attached to an aromatic ring is 1. The van der Waals surface area contributed by atoms with Crippen LogP contribution in [0.1, 0.15) is 26.2 Å². The van der Waals surface area contributed by atoms with Crippen LogP contribution in [0, 0.1) is 16.0 Å². The molecule has 1 fully saturated rings. The summed E-state index contributed by atoms with van der Waals surface area (Å²) in [6.45, 7) is 2.11. The van der Waals surface area contributed by atoms with Crippen molar-refractivity contribution in [1.82, 2.24) is 0 Å². The highest BCUT2D eigenvalue weighted by molar-refractivity contribution is 5.63. The summed E-state index contributed by atoms with van der Waals surface area (Å²) in [5, 5.41) is 14.1. The highest BCUT2D eigenvalue weighted by Gasteiger charge is 2.24. The van der Waals surface area contributed by atoms with E-state index in [0.29, 0.717) is 17.6 Å². The highest BCUT2D eigenvalue weighted by atomic mass is 16.6. The maximum absolute atomic E-state index is 10.8. The van der Waals surface area contributed by atoms with Crippen LogP contribution in [0.25, 0.3) is 0 Å². The largest absolute Gasteiger partial charge is 0.382 e. The molecule has 1 unspecified atom stereocenters. The fourth-order valence-corrected chi connectivity index (χ4v) is 2.20. The molecule has 18 heavy (non-hydrogen) atoms. The van der Waals surface area contributed by atoms with Crippen LogP contribution in [-0.2, 0) is 0 Å². The number of hydrazine groups is 1. The van der Waals surface area contributed by atoms with E-state index in [4.69, 9.17) is 5.84 Å². The molecule has 1 aliphatic carbocycles. The fraction of sp³-hybridized carbons (Fsp3) is 0.500. The molecule has 4 N–H and O–H groups in total. The topological polar surface area (TPSA) is 93.2 Å². The normalized spacial score (nSPS) is 16.8. The molecule has 6 heteroatoms. The predicted molar refractivity (Wildman–Crippen MR) is 71.3 cm³/mol. The van der Waals surface area contributed by atoms with E-state index in [1.54, 1.807) is 6.07 Å². The number of hydrogen-bond donors (Lipinski definition) is 3. The van der Waals surface area contributed by atoms with Crippen molar-refractivity contribution in [3.05, 3.63) is 28.3 Å². The third-order valence-corrected chi connectivity index (χ3v) is 3.55. The number of benzene rings is 1. The molecule has 6 nitrogen and oxygen atoms in total. The Hall–Kier alpha value is -1.82. The lowest BCUT2D eigenvalue weighted by Gasteiger charge is -2.32. The second-order valence-corrected chi connectivity index (χ2v) is 4.79. The van der Waals surface area contributed by atoms with Gasteiger partial charge in [0.25, 0.3) is 5.69 Å². The van der Waals surface area contributed by atoms with Gasteiger partial charge >= 0.3 is 0 Å². The molecule has 1 aromatic rings. The summed E-state index contributed by atoms with van der Waals surface area (Å²) in [5.74, 6) is 5.98. The van der Waals surface area contributed by atoms with Crippen LogP contribution in [0.2, 0.25) is 0 Å². The molecule has 0 bridgehead atoms. The Kier molecular flexibility index (Phi) is 3.66. The van der Waals surface area contributed by atoms with Crippen LogP contribution in [0.4, 0.5) is 17.1 Å². The van der Waals surface area contributed by atoms with Gasteiger partial charge < -0.3 is 10.7 Å². The van der Waals surface area contributed by atoms with E-state index >= 15 is 0 Å². The molecule has 0 radical (unpaired) electrons. The SMILES string of the molecule is CC(Nc1cc(NN)cc([N+](=O)[O-])c1)C1CCC1. The Bertz CT molecular complexity index is 446. The number of nitro groups is 1. The summed E-state index contributed by atoms with van der Waals surface area (Å²) >= 11 is 0. The summed E-state index contributed by atoms with van der Waals surface area (Å²) < 4.78 is 0. The molecule has 1 aliphatic rings. The van der Waals surface area contributed by atoms with Gasteiger partial charge in [0.1, 0.15) is 0 Å². The van der Waals surface area contributed by atoms with Gasteiger partial charge in [0, 0.05) is 23.9 Å². The first-order chi connectivity index (χ1) is 8.60. The monoisotopic (exact) mass is 250 g/mol. The first-order valence-corrected chi connectivity index (χ1v) is 6.13. The molecule has 1 saturated carbocycles. The zero-order valence-corrected chi connectivity index (χ0v) is 10.3. The summed E-state index contributed by atoms with van der Waals surface area (Å²) in [4.78, 5) is 10.4. The average Bonchev–Trinajstić information content (AvgIpc) is 2.25. The number of nitrogens with two attached hydrogens (primary N) is 1. The van der Waals surface area contributed by atoms with E-state index in [1.165, 1.54) is 31.4 Å². The summed E-state index contributed by atoms with van der Waals surface area (Å²) in [6.07, 6.45) is 3.73. The van der Waals surface area contributed by atoms with E-state index < -0.39 is 4.92 Å². The van der Waals surface area contributed by atoms with E-state index in [9.17, 15) is 10.1 Å². The van der Waals surface area contributed by atoms with E-state index in [-0.39, 0.29) is 5.69 Å². The second kappa shape index (κ2) is 5.22. The second-order valence-electron chi connectivity index (χ2n) is 4.79. The molecule has 0 spiro atoms. The lowest BCUT2D eigenvalue weighted by molar-refractivity contribution is -0.384. The number of nitrogens with one attached hydrogen (secondary N) is 2. The maximum atomic E-state index is 10.8. The lowest BCUT2D eigenvalue weighted by atomic mass is 9.80. The minimum Gasteiger partial charge on any atom is -0.382 e. The Morgan fingerprint density at radius 3 is 2.56 bits per heavy atom. The first-order valence-electron chi connectivity index (χ1n) is 6.13. The van der Waals surface area contributed by atoms with Crippen molar-refractivity contribution in [3.63, 3.8) is 0 Å². The van der Waals surface area contributed by atoms with Gasteiger partial charge in [-0.05, 0) is 31.7 Å². The van der Waals surface area contributed by atoms with Gasteiger partial charge in [0.15, 0.2) is 0 Å². The van der Waals surface area contributed by atoms with Crippen molar-refractivity contribution in [3.8, 4) is 0 Å². The van der Waals surface area contributed by atoms with Crippen molar-refractivity contribution in [1.29, 1.82) is 0 Å². The summed E-state index contributed by atoms with van der Waals surface area (Å²) in [6, 6.07) is 5.06. The number of anilines is 2. The van der Waals surface area contributed by atoms with Gasteiger partial charge in [0.05, 0.1) is 10.6 Å². The summed E-state index contributed by atoms with van der Waals surface area (Å²) in [7, 11) is 0. The molecule has 0 saturated heterocycles. The fourth-order valence-electron chi connectivity index (χ4n) is 2.20. The molecule has 2 rings (SSSR count). The van der Waals surface area contributed by atoms with Crippen LogP contribution in [-0.4, -0.2) is 11.0 Å². The molecule has 0 aliphatic heterocycles. The van der Waals surface area contributed by atoms with Gasteiger partial charge in [-0.3, -0.25) is 16.0 Å². The maximum Gasteiger partial charge on any atom is 0.273 e. The van der Waals surface area contributed by atoms with Crippen molar-refractivity contribution < 1.29 is 4.92 Å². The zero-order chi connectivity index (χ0) is 13.1. The standard InChI is InChI=1S/C12H18N4O2/c1-8(9-3-2-4-9)14-10-5-11(15-13)7-12(6-10)16(17)18/h5-9,14-15H,2-4,13H2,1H3. The van der Waals surface area contributed by atoms with Crippen molar-refractivity contribution in [2.45, 2.75) is 32.2 Å². The molecule has 0 aromatic heterocycles. The number of rotatable bonds is 5. The highest BCUT2D eigenvalue weighted by Crippen LogP contribution is 2.32. The predicted octanol–water partition coefficient (Wildman–Crippen LogP) is 2.48. The van der Waals surface area contributed by atoms with Crippen LogP contribution < -0.4 is 16.6 Å². The Morgan fingerprint density at radius 2 is 2.06 bits per heavy atom. The van der Waals surface area contributed by atoms with Gasteiger partial charge in [0.2, 0.25) is 0 Å². The Morgan fingerprint density at radius 1 is 1.39 bits per heavy atom. The summed E-state index contributed by atoms with van der Waals surface area (Å²) in [5.41, 5.74) is 3.75. The third-order valence-electron chi connectivity index (χ3n) is 3.55. The minimum atomic E-state index is -0.417. The molecule has 0 heterocycles. The smallest absolute Gasteiger partial charge is 0.273 e. The van der Waals surface area contributed by atoms with E-state index in [0.717, 1.165) is 5.69 Å². The quantitative estimate of drug-likeness (QED) is 0.424. The lowest BCUT2D eigenvalue weighted by Crippen LogP contribution is -2.30. The molecule has 1 aromatic carbocycles.